The van der Waals surface area contributed by atoms with Crippen molar-refractivity contribution in [3.8, 4) is 0 Å². The topological polar surface area (TPSA) is 63.3 Å². The number of alkyl halides is 3. The summed E-state index contributed by atoms with van der Waals surface area (Å²) >= 11 is 0. The van der Waals surface area contributed by atoms with Crippen LogP contribution in [0.2, 0.25) is 0 Å². The highest BCUT2D eigenvalue weighted by Gasteiger charge is 2.47. The van der Waals surface area contributed by atoms with Crippen LogP contribution in [-0.2, 0) is 27.8 Å². The molecule has 2 atom stereocenters. The van der Waals surface area contributed by atoms with Crippen LogP contribution in [0.4, 0.5) is 19.1 Å². The van der Waals surface area contributed by atoms with Crippen LogP contribution >= 0.6 is 0 Å². The van der Waals surface area contributed by atoms with Gasteiger partial charge in [-0.05, 0) is 37.1 Å². The van der Waals surface area contributed by atoms with E-state index in [2.05, 4.69) is 15.2 Å². The number of hydrogen-bond donors (Lipinski definition) is 1. The van der Waals surface area contributed by atoms with Crippen LogP contribution in [-0.4, -0.2) is 34.6 Å². The predicted octanol–water partition coefficient (Wildman–Crippen LogP) is 4.43. The van der Waals surface area contributed by atoms with Crippen molar-refractivity contribution in [3.63, 3.8) is 0 Å². The average molecular weight is 432 g/mol. The number of aryl methyl sites for hydroxylation is 1. The van der Waals surface area contributed by atoms with E-state index in [1.54, 1.807) is 13.0 Å². The van der Waals surface area contributed by atoms with E-state index < -0.39 is 23.6 Å². The van der Waals surface area contributed by atoms with Gasteiger partial charge in [-0.25, -0.2) is 5.10 Å². The molecule has 6 nitrogen and oxygen atoms in total. The molecule has 9 heteroatoms. The number of aromatic amines is 1. The summed E-state index contributed by atoms with van der Waals surface area (Å²) in [6.45, 7) is 4.49. The summed E-state index contributed by atoms with van der Waals surface area (Å²) in [5.74, 6) is 0.568. The van der Waals surface area contributed by atoms with Gasteiger partial charge < -0.3 is 14.4 Å². The third-order valence-electron chi connectivity index (χ3n) is 5.49. The summed E-state index contributed by atoms with van der Waals surface area (Å²) in [6, 6.07) is 13.6. The molecule has 0 saturated carbocycles. The molecule has 0 aliphatic carbocycles. The molecular weight excluding hydrogens is 409 g/mol. The van der Waals surface area contributed by atoms with E-state index >= 15 is 0 Å². The van der Waals surface area contributed by atoms with E-state index in [1.807, 2.05) is 42.2 Å². The first-order valence-corrected chi connectivity index (χ1v) is 9.88. The molecule has 3 aromatic rings. The minimum Gasteiger partial charge on any atom is -0.348 e. The number of aromatic nitrogens is 3. The molecule has 0 radical (unpaired) electrons. The van der Waals surface area contributed by atoms with Gasteiger partial charge in [-0.1, -0.05) is 42.0 Å². The Hall–Kier alpha value is -2.91. The van der Waals surface area contributed by atoms with Gasteiger partial charge in [0.15, 0.2) is 6.29 Å². The Morgan fingerprint density at radius 3 is 2.68 bits per heavy atom. The van der Waals surface area contributed by atoms with Crippen molar-refractivity contribution in [2.45, 2.75) is 38.5 Å². The molecule has 1 aromatic heterocycles. The molecule has 0 spiro atoms. The quantitative estimate of drug-likeness (QED) is 0.647. The molecule has 4 rings (SSSR count). The number of anilines is 1. The zero-order valence-electron chi connectivity index (χ0n) is 17.2. The lowest BCUT2D eigenvalue weighted by atomic mass is 9.88. The Labute approximate surface area is 178 Å². The van der Waals surface area contributed by atoms with Crippen LogP contribution in [0.3, 0.4) is 0 Å². The second-order valence-electron chi connectivity index (χ2n) is 7.69. The third-order valence-corrected chi connectivity index (χ3v) is 5.49. The van der Waals surface area contributed by atoms with Gasteiger partial charge in [0.1, 0.15) is 11.9 Å². The van der Waals surface area contributed by atoms with Gasteiger partial charge in [0.25, 0.3) is 0 Å². The number of halogens is 3. The van der Waals surface area contributed by atoms with Gasteiger partial charge in [-0.2, -0.15) is 23.3 Å². The Balaban J connectivity index is 1.64. The molecule has 1 N–H and O–H groups in total. The smallest absolute Gasteiger partial charge is 0.348 e. The number of ether oxygens (including phenoxy) is 2. The van der Waals surface area contributed by atoms with E-state index in [-0.39, 0.29) is 6.61 Å². The van der Waals surface area contributed by atoms with Crippen LogP contribution in [0.25, 0.3) is 0 Å². The number of morpholine rings is 1. The minimum atomic E-state index is -4.41. The first kappa shape index (κ1) is 21.3. The Morgan fingerprint density at radius 1 is 1.23 bits per heavy atom. The number of nitrogens with zero attached hydrogens (tertiary/aromatic N) is 3. The first-order valence-electron chi connectivity index (χ1n) is 9.88. The normalized spacial score (nSPS) is 22.0. The zero-order chi connectivity index (χ0) is 22.1. The molecule has 31 heavy (non-hydrogen) atoms. The van der Waals surface area contributed by atoms with Crippen molar-refractivity contribution in [1.82, 2.24) is 15.2 Å². The van der Waals surface area contributed by atoms with Gasteiger partial charge in [0.05, 0.1) is 18.8 Å². The van der Waals surface area contributed by atoms with Gasteiger partial charge in [-0.15, -0.1) is 0 Å². The summed E-state index contributed by atoms with van der Waals surface area (Å²) in [6.07, 6.45) is -3.73. The average Bonchev–Trinajstić information content (AvgIpc) is 3.27. The molecule has 0 amide bonds. The van der Waals surface area contributed by atoms with Gasteiger partial charge in [0.2, 0.25) is 5.95 Å². The second kappa shape index (κ2) is 8.32. The number of benzene rings is 2. The van der Waals surface area contributed by atoms with Crippen molar-refractivity contribution in [3.05, 3.63) is 77.1 Å². The van der Waals surface area contributed by atoms with E-state index in [1.165, 1.54) is 6.33 Å². The monoisotopic (exact) mass is 432 g/mol. The van der Waals surface area contributed by atoms with Crippen molar-refractivity contribution in [2.75, 3.05) is 18.1 Å². The van der Waals surface area contributed by atoms with Crippen molar-refractivity contribution < 1.29 is 22.6 Å². The van der Waals surface area contributed by atoms with Crippen molar-refractivity contribution in [2.24, 2.45) is 0 Å². The Kier molecular flexibility index (Phi) is 5.72. The molecule has 1 fully saturated rings. The standard InChI is InChI=1S/C22H23F3N4O2/c1-15-10-16(12-18(11-15)22(23,24)25)13-31-19-21(2,17-6-4-3-5-7-17)29(8-9-30-19)20-26-14-27-28-20/h3-7,10-12,14,19H,8-9,13H2,1-2H3,(H,26,27,28). The van der Waals surface area contributed by atoms with Crippen LogP contribution in [0, 0.1) is 6.92 Å². The summed E-state index contributed by atoms with van der Waals surface area (Å²) in [5, 5.41) is 6.84. The molecule has 2 heterocycles. The third kappa shape index (κ3) is 4.28. The second-order valence-corrected chi connectivity index (χ2v) is 7.69. The summed E-state index contributed by atoms with van der Waals surface area (Å²) < 4.78 is 51.7. The minimum absolute atomic E-state index is 0.0257. The summed E-state index contributed by atoms with van der Waals surface area (Å²) in [5.41, 5.74) is 0.409. The van der Waals surface area contributed by atoms with Crippen LogP contribution in [0.5, 0.6) is 0 Å². The molecule has 1 aliphatic rings. The fourth-order valence-corrected chi connectivity index (χ4v) is 3.99. The van der Waals surface area contributed by atoms with E-state index in [0.717, 1.165) is 17.7 Å². The highest BCUT2D eigenvalue weighted by Crippen LogP contribution is 2.39. The molecule has 2 aromatic carbocycles. The van der Waals surface area contributed by atoms with Gasteiger partial charge in [0, 0.05) is 6.54 Å². The maximum atomic E-state index is 13.2. The largest absolute Gasteiger partial charge is 0.416 e. The van der Waals surface area contributed by atoms with E-state index in [0.29, 0.717) is 30.2 Å². The fourth-order valence-electron chi connectivity index (χ4n) is 3.99. The van der Waals surface area contributed by atoms with Crippen LogP contribution < -0.4 is 4.90 Å². The van der Waals surface area contributed by atoms with E-state index in [9.17, 15) is 13.2 Å². The lowest BCUT2D eigenvalue weighted by Gasteiger charge is -2.49. The summed E-state index contributed by atoms with van der Waals surface area (Å²) in [4.78, 5) is 6.30. The van der Waals surface area contributed by atoms with Gasteiger partial charge in [-0.3, -0.25) is 0 Å². The lowest BCUT2D eigenvalue weighted by molar-refractivity contribution is -0.201. The molecular formula is C22H23F3N4O2. The molecule has 2 unspecified atom stereocenters. The SMILES string of the molecule is Cc1cc(COC2OCCN(c3ncn[nH]3)C2(C)c2ccccc2)cc(C(F)(F)F)c1. The maximum Gasteiger partial charge on any atom is 0.416 e. The maximum absolute atomic E-state index is 13.2. The lowest BCUT2D eigenvalue weighted by Crippen LogP contribution is -2.59. The van der Waals surface area contributed by atoms with Crippen LogP contribution in [0.1, 0.15) is 29.2 Å². The fraction of sp³-hybridized carbons (Fsp3) is 0.364. The number of nitrogens with one attached hydrogen (secondary N) is 1. The Morgan fingerprint density at radius 2 is 2.00 bits per heavy atom. The van der Waals surface area contributed by atoms with Crippen LogP contribution in [0.15, 0.2) is 54.9 Å². The first-order chi connectivity index (χ1) is 14.8. The molecule has 1 aliphatic heterocycles. The highest BCUT2D eigenvalue weighted by atomic mass is 19.4. The number of rotatable bonds is 5. The zero-order valence-corrected chi connectivity index (χ0v) is 17.2. The predicted molar refractivity (Wildman–Crippen MR) is 108 cm³/mol. The van der Waals surface area contributed by atoms with Crippen molar-refractivity contribution >= 4 is 5.95 Å². The van der Waals surface area contributed by atoms with Crippen molar-refractivity contribution in [1.29, 1.82) is 0 Å². The molecule has 0 bridgehead atoms. The number of hydrogen-bond acceptors (Lipinski definition) is 5. The van der Waals surface area contributed by atoms with Gasteiger partial charge >= 0.3 is 6.18 Å². The Bertz CT molecular complexity index is 1010. The highest BCUT2D eigenvalue weighted by molar-refractivity contribution is 5.42. The molecule has 164 valence electrons. The van der Waals surface area contributed by atoms with E-state index in [4.69, 9.17) is 9.47 Å². The summed E-state index contributed by atoms with van der Waals surface area (Å²) in [7, 11) is 0. The number of H-pyrrole nitrogens is 1. The molecule has 1 saturated heterocycles.